The highest BCUT2D eigenvalue weighted by Gasteiger charge is 2.09. The van der Waals surface area contributed by atoms with Gasteiger partial charge in [-0.05, 0) is 57.9 Å². The summed E-state index contributed by atoms with van der Waals surface area (Å²) in [5, 5.41) is 2.80. The number of methoxy groups -OCH3 is 2. The molecule has 0 unspecified atom stereocenters. The number of rotatable bonds is 5. The molecule has 0 aromatic heterocycles. The van der Waals surface area contributed by atoms with Gasteiger partial charge in [-0.2, -0.15) is 0 Å². The molecule has 0 saturated heterocycles. The number of carbonyl (C=O) groups is 1. The van der Waals surface area contributed by atoms with Crippen molar-refractivity contribution in [1.82, 2.24) is 0 Å². The molecule has 2 aromatic rings. The fourth-order valence-corrected chi connectivity index (χ4v) is 2.98. The van der Waals surface area contributed by atoms with Crippen LogP contribution in [-0.2, 0) is 4.79 Å². The Hall–Kier alpha value is -1.79. The van der Waals surface area contributed by atoms with Crippen LogP contribution in [0.25, 0.3) is 6.08 Å². The Morgan fingerprint density at radius 2 is 1.91 bits per heavy atom. The minimum atomic E-state index is -0.214. The van der Waals surface area contributed by atoms with Crippen LogP contribution in [0.15, 0.2) is 51.4 Å². The van der Waals surface area contributed by atoms with E-state index in [9.17, 15) is 4.79 Å². The fraction of sp³-hybridized carbons (Fsp3) is 0.118. The van der Waals surface area contributed by atoms with Gasteiger partial charge in [-0.3, -0.25) is 4.79 Å². The molecule has 23 heavy (non-hydrogen) atoms. The molecule has 0 radical (unpaired) electrons. The Bertz CT molecular complexity index is 745. The summed E-state index contributed by atoms with van der Waals surface area (Å²) in [4.78, 5) is 12.0. The first kappa shape index (κ1) is 17.6. The van der Waals surface area contributed by atoms with Crippen LogP contribution in [0.4, 0.5) is 5.69 Å². The van der Waals surface area contributed by atoms with Crippen LogP contribution in [-0.4, -0.2) is 20.1 Å². The lowest BCUT2D eigenvalue weighted by Gasteiger charge is -2.10. The van der Waals surface area contributed by atoms with E-state index in [1.165, 1.54) is 6.08 Å². The number of amides is 1. The van der Waals surface area contributed by atoms with Gasteiger partial charge in [0.05, 0.1) is 18.7 Å². The molecule has 1 amide bonds. The molecule has 1 N–H and O–H groups in total. The Kier molecular flexibility index (Phi) is 6.24. The second-order valence-corrected chi connectivity index (χ2v) is 6.34. The summed E-state index contributed by atoms with van der Waals surface area (Å²) in [5.74, 6) is 0.992. The van der Waals surface area contributed by atoms with Gasteiger partial charge in [0, 0.05) is 16.2 Å². The highest BCUT2D eigenvalue weighted by atomic mass is 79.9. The number of hydrogen-bond donors (Lipinski definition) is 1. The van der Waals surface area contributed by atoms with Gasteiger partial charge in [-0.1, -0.05) is 22.0 Å². The second kappa shape index (κ2) is 8.17. The SMILES string of the molecule is COc1cc(C=CC(=O)Nc2cccc(Br)c2)cc(Br)c1OC. The molecule has 0 heterocycles. The molecule has 4 nitrogen and oxygen atoms in total. The lowest BCUT2D eigenvalue weighted by molar-refractivity contribution is -0.111. The maximum Gasteiger partial charge on any atom is 0.248 e. The summed E-state index contributed by atoms with van der Waals surface area (Å²) in [6.45, 7) is 0. The molecule has 0 saturated carbocycles. The topological polar surface area (TPSA) is 47.6 Å². The summed E-state index contributed by atoms with van der Waals surface area (Å²) in [6, 6.07) is 11.1. The lowest BCUT2D eigenvalue weighted by atomic mass is 10.2. The quantitative estimate of drug-likeness (QED) is 0.674. The first-order valence-electron chi connectivity index (χ1n) is 6.69. The van der Waals surface area contributed by atoms with E-state index >= 15 is 0 Å². The van der Waals surface area contributed by atoms with Gasteiger partial charge in [-0.15, -0.1) is 0 Å². The molecule has 0 bridgehead atoms. The van der Waals surface area contributed by atoms with Gasteiger partial charge < -0.3 is 14.8 Å². The Labute approximate surface area is 151 Å². The first-order valence-corrected chi connectivity index (χ1v) is 8.28. The predicted molar refractivity (Wildman–Crippen MR) is 99.1 cm³/mol. The number of anilines is 1. The largest absolute Gasteiger partial charge is 0.493 e. The zero-order chi connectivity index (χ0) is 16.8. The first-order chi connectivity index (χ1) is 11.0. The van der Waals surface area contributed by atoms with Crippen molar-refractivity contribution in [3.63, 3.8) is 0 Å². The summed E-state index contributed by atoms with van der Waals surface area (Å²) in [5.41, 5.74) is 1.54. The van der Waals surface area contributed by atoms with E-state index in [4.69, 9.17) is 9.47 Å². The van der Waals surface area contributed by atoms with Gasteiger partial charge in [0.1, 0.15) is 0 Å². The van der Waals surface area contributed by atoms with Crippen LogP contribution in [0.2, 0.25) is 0 Å². The molecule has 2 rings (SSSR count). The van der Waals surface area contributed by atoms with Gasteiger partial charge >= 0.3 is 0 Å². The van der Waals surface area contributed by atoms with Crippen molar-refractivity contribution in [2.24, 2.45) is 0 Å². The number of benzene rings is 2. The highest BCUT2D eigenvalue weighted by molar-refractivity contribution is 9.10. The Balaban J connectivity index is 2.13. The van der Waals surface area contributed by atoms with Gasteiger partial charge in [-0.25, -0.2) is 0 Å². The minimum absolute atomic E-state index is 0.214. The summed E-state index contributed by atoms with van der Waals surface area (Å²) in [6.07, 6.45) is 3.18. The Morgan fingerprint density at radius 1 is 1.13 bits per heavy atom. The van der Waals surface area contributed by atoms with Crippen molar-refractivity contribution in [3.8, 4) is 11.5 Å². The van der Waals surface area contributed by atoms with Crippen molar-refractivity contribution < 1.29 is 14.3 Å². The van der Waals surface area contributed by atoms with Crippen LogP contribution < -0.4 is 14.8 Å². The predicted octanol–water partition coefficient (Wildman–Crippen LogP) is 4.88. The van der Waals surface area contributed by atoms with Crippen molar-refractivity contribution >= 4 is 49.5 Å². The molecule has 0 aliphatic rings. The summed E-state index contributed by atoms with van der Waals surface area (Å²) in [7, 11) is 3.14. The smallest absolute Gasteiger partial charge is 0.248 e. The third-order valence-electron chi connectivity index (χ3n) is 2.98. The molecular weight excluding hydrogens is 426 g/mol. The zero-order valence-corrected chi connectivity index (χ0v) is 15.8. The average molecular weight is 441 g/mol. The van der Waals surface area contributed by atoms with Gasteiger partial charge in [0.25, 0.3) is 0 Å². The highest BCUT2D eigenvalue weighted by Crippen LogP contribution is 2.36. The van der Waals surface area contributed by atoms with Crippen molar-refractivity contribution in [3.05, 3.63) is 57.0 Å². The number of nitrogens with one attached hydrogen (secondary N) is 1. The van der Waals surface area contributed by atoms with Crippen LogP contribution >= 0.6 is 31.9 Å². The van der Waals surface area contributed by atoms with E-state index in [-0.39, 0.29) is 5.91 Å². The van der Waals surface area contributed by atoms with E-state index in [0.717, 1.165) is 20.2 Å². The number of hydrogen-bond acceptors (Lipinski definition) is 3. The molecular formula is C17H15Br2NO3. The fourth-order valence-electron chi connectivity index (χ4n) is 1.96. The number of halogens is 2. The molecule has 2 aromatic carbocycles. The number of carbonyl (C=O) groups excluding carboxylic acids is 1. The van der Waals surface area contributed by atoms with E-state index in [1.54, 1.807) is 26.4 Å². The normalized spacial score (nSPS) is 10.6. The molecule has 6 heteroatoms. The van der Waals surface area contributed by atoms with Crippen molar-refractivity contribution in [2.75, 3.05) is 19.5 Å². The van der Waals surface area contributed by atoms with E-state index < -0.39 is 0 Å². The van der Waals surface area contributed by atoms with Crippen LogP contribution in [0.5, 0.6) is 11.5 Å². The maximum atomic E-state index is 12.0. The Morgan fingerprint density at radius 3 is 2.57 bits per heavy atom. The zero-order valence-electron chi connectivity index (χ0n) is 12.6. The van der Waals surface area contributed by atoms with Gasteiger partial charge in [0.2, 0.25) is 5.91 Å². The van der Waals surface area contributed by atoms with Crippen LogP contribution in [0.1, 0.15) is 5.56 Å². The molecule has 0 aliphatic heterocycles. The number of ether oxygens (including phenoxy) is 2. The third-order valence-corrected chi connectivity index (χ3v) is 4.06. The summed E-state index contributed by atoms with van der Waals surface area (Å²) >= 11 is 6.79. The van der Waals surface area contributed by atoms with Crippen molar-refractivity contribution in [1.29, 1.82) is 0 Å². The minimum Gasteiger partial charge on any atom is -0.493 e. The third kappa shape index (κ3) is 4.84. The van der Waals surface area contributed by atoms with E-state index in [1.807, 2.05) is 30.3 Å². The molecule has 0 spiro atoms. The van der Waals surface area contributed by atoms with Crippen LogP contribution in [0, 0.1) is 0 Å². The van der Waals surface area contributed by atoms with E-state index in [0.29, 0.717) is 11.5 Å². The maximum absolute atomic E-state index is 12.0. The molecule has 120 valence electrons. The molecule has 0 aliphatic carbocycles. The molecule has 0 fully saturated rings. The summed E-state index contributed by atoms with van der Waals surface area (Å²) < 4.78 is 12.2. The van der Waals surface area contributed by atoms with E-state index in [2.05, 4.69) is 37.2 Å². The van der Waals surface area contributed by atoms with Crippen LogP contribution in [0.3, 0.4) is 0 Å². The molecule has 0 atom stereocenters. The lowest BCUT2D eigenvalue weighted by Crippen LogP contribution is -2.07. The average Bonchev–Trinajstić information content (AvgIpc) is 2.52. The monoisotopic (exact) mass is 439 g/mol. The van der Waals surface area contributed by atoms with Crippen molar-refractivity contribution in [2.45, 2.75) is 0 Å². The van der Waals surface area contributed by atoms with Gasteiger partial charge in [0.15, 0.2) is 11.5 Å². The second-order valence-electron chi connectivity index (χ2n) is 4.57. The standard InChI is InChI=1S/C17H15Br2NO3/c1-22-15-9-11(8-14(19)17(15)23-2)6-7-16(21)20-13-5-3-4-12(18)10-13/h3-10H,1-2H3,(H,20,21).